The molecule has 0 saturated carbocycles. The molecule has 1 aromatic heterocycles. The number of hydrogen-bond donors (Lipinski definition) is 0. The van der Waals surface area contributed by atoms with Crippen molar-refractivity contribution in [3.05, 3.63) is 70.9 Å². The van der Waals surface area contributed by atoms with Crippen molar-refractivity contribution in [3.63, 3.8) is 0 Å². The van der Waals surface area contributed by atoms with Gasteiger partial charge in [0.05, 0.1) is 5.69 Å². The third-order valence-corrected chi connectivity index (χ3v) is 3.70. The first-order valence-corrected chi connectivity index (χ1v) is 7.34. The molecule has 0 aliphatic rings. The summed E-state index contributed by atoms with van der Waals surface area (Å²) in [6.07, 6.45) is 1.55. The molecule has 0 bridgehead atoms. The largest absolute Gasteiger partial charge is 0.296 e. The molecule has 0 fully saturated rings. The molecule has 4 nitrogen and oxygen atoms in total. The average molecular weight is 312 g/mol. The van der Waals surface area contributed by atoms with Crippen LogP contribution in [0.15, 0.2) is 54.6 Å². The van der Waals surface area contributed by atoms with Gasteiger partial charge in [0, 0.05) is 17.1 Å². The Morgan fingerprint density at radius 1 is 1.05 bits per heavy atom. The van der Waals surface area contributed by atoms with Gasteiger partial charge in [-0.2, -0.15) is 0 Å². The summed E-state index contributed by atoms with van der Waals surface area (Å²) in [6.45, 7) is 0.656. The highest BCUT2D eigenvalue weighted by atomic mass is 35.5. The van der Waals surface area contributed by atoms with E-state index in [9.17, 15) is 4.79 Å². The van der Waals surface area contributed by atoms with Crippen molar-refractivity contribution in [2.75, 3.05) is 0 Å². The Kier molecular flexibility index (Phi) is 4.30. The lowest BCUT2D eigenvalue weighted by Crippen LogP contribution is -2.05. The number of aromatic nitrogens is 3. The highest BCUT2D eigenvalue weighted by molar-refractivity contribution is 6.30. The van der Waals surface area contributed by atoms with E-state index in [1.165, 1.54) is 5.56 Å². The first-order valence-electron chi connectivity index (χ1n) is 6.96. The minimum atomic E-state index is 0.343. The lowest BCUT2D eigenvalue weighted by molar-refractivity contribution is 0.111. The molecule has 3 rings (SSSR count). The van der Waals surface area contributed by atoms with E-state index in [0.29, 0.717) is 17.3 Å². The molecule has 0 unspecified atom stereocenters. The molecule has 3 aromatic rings. The van der Waals surface area contributed by atoms with Gasteiger partial charge in [-0.3, -0.25) is 4.79 Å². The molecule has 5 heteroatoms. The number of aryl methyl sites for hydroxylation is 2. The number of aldehydes is 1. The SMILES string of the molecule is O=Cc1nnn(CCc2ccccc2)c1-c1ccc(Cl)cc1. The van der Waals surface area contributed by atoms with Crippen LogP contribution in [0, 0.1) is 0 Å². The van der Waals surface area contributed by atoms with Gasteiger partial charge in [0.15, 0.2) is 12.0 Å². The quantitative estimate of drug-likeness (QED) is 0.676. The van der Waals surface area contributed by atoms with E-state index in [2.05, 4.69) is 22.4 Å². The monoisotopic (exact) mass is 311 g/mol. The number of benzene rings is 2. The summed E-state index contributed by atoms with van der Waals surface area (Å²) in [6, 6.07) is 17.5. The molecule has 0 N–H and O–H groups in total. The zero-order valence-electron chi connectivity index (χ0n) is 11.8. The van der Waals surface area contributed by atoms with E-state index < -0.39 is 0 Å². The van der Waals surface area contributed by atoms with Crippen LogP contribution in [-0.2, 0) is 13.0 Å². The van der Waals surface area contributed by atoms with E-state index in [0.717, 1.165) is 24.0 Å². The van der Waals surface area contributed by atoms with Crippen LogP contribution < -0.4 is 0 Å². The lowest BCUT2D eigenvalue weighted by atomic mass is 10.1. The molecule has 0 aliphatic heterocycles. The first kappa shape index (κ1) is 14.5. The van der Waals surface area contributed by atoms with Crippen LogP contribution >= 0.6 is 11.6 Å². The summed E-state index contributed by atoms with van der Waals surface area (Å²) in [5.41, 5.74) is 3.16. The highest BCUT2D eigenvalue weighted by Gasteiger charge is 2.14. The van der Waals surface area contributed by atoms with Crippen molar-refractivity contribution in [1.29, 1.82) is 0 Å². The molecule has 1 heterocycles. The maximum atomic E-state index is 11.2. The fourth-order valence-electron chi connectivity index (χ4n) is 2.35. The van der Waals surface area contributed by atoms with E-state index in [1.54, 1.807) is 16.8 Å². The molecule has 110 valence electrons. The average Bonchev–Trinajstić information content (AvgIpc) is 2.97. The Hall–Kier alpha value is -2.46. The summed E-state index contributed by atoms with van der Waals surface area (Å²) < 4.78 is 1.76. The molecular weight excluding hydrogens is 298 g/mol. The van der Waals surface area contributed by atoms with Crippen molar-refractivity contribution in [1.82, 2.24) is 15.0 Å². The van der Waals surface area contributed by atoms with Crippen molar-refractivity contribution in [2.24, 2.45) is 0 Å². The van der Waals surface area contributed by atoms with Crippen LogP contribution in [0.25, 0.3) is 11.3 Å². The second-order valence-electron chi connectivity index (χ2n) is 4.91. The Labute approximate surface area is 133 Å². The van der Waals surface area contributed by atoms with Crippen LogP contribution in [-0.4, -0.2) is 21.3 Å². The maximum absolute atomic E-state index is 11.2. The van der Waals surface area contributed by atoms with Crippen molar-refractivity contribution in [3.8, 4) is 11.3 Å². The summed E-state index contributed by atoms with van der Waals surface area (Å²) in [5.74, 6) is 0. The van der Waals surface area contributed by atoms with Gasteiger partial charge in [0.1, 0.15) is 0 Å². The van der Waals surface area contributed by atoms with E-state index in [4.69, 9.17) is 11.6 Å². The Morgan fingerprint density at radius 2 is 1.77 bits per heavy atom. The minimum absolute atomic E-state index is 0.343. The van der Waals surface area contributed by atoms with Gasteiger partial charge in [-0.05, 0) is 24.1 Å². The third-order valence-electron chi connectivity index (χ3n) is 3.45. The highest BCUT2D eigenvalue weighted by Crippen LogP contribution is 2.23. The maximum Gasteiger partial charge on any atom is 0.172 e. The predicted octanol–water partition coefficient (Wildman–Crippen LogP) is 3.65. The molecule has 0 atom stereocenters. The van der Waals surface area contributed by atoms with E-state index >= 15 is 0 Å². The molecule has 22 heavy (non-hydrogen) atoms. The molecule has 0 saturated heterocycles. The van der Waals surface area contributed by atoms with Gasteiger partial charge in [-0.1, -0.05) is 59.3 Å². The second kappa shape index (κ2) is 6.54. The summed E-state index contributed by atoms with van der Waals surface area (Å²) in [7, 11) is 0. The number of rotatable bonds is 5. The summed E-state index contributed by atoms with van der Waals surface area (Å²) >= 11 is 5.92. The topological polar surface area (TPSA) is 47.8 Å². The van der Waals surface area contributed by atoms with Gasteiger partial charge in [-0.25, -0.2) is 4.68 Å². The van der Waals surface area contributed by atoms with Crippen LogP contribution in [0.4, 0.5) is 0 Å². The molecule has 0 spiro atoms. The van der Waals surface area contributed by atoms with Crippen LogP contribution in [0.2, 0.25) is 5.02 Å². The molecular formula is C17H14ClN3O. The Morgan fingerprint density at radius 3 is 2.45 bits per heavy atom. The fraction of sp³-hybridized carbons (Fsp3) is 0.118. The number of halogens is 1. The van der Waals surface area contributed by atoms with Gasteiger partial charge in [0.2, 0.25) is 0 Å². The summed E-state index contributed by atoms with van der Waals surface area (Å²) in [5, 5.41) is 8.71. The molecule has 0 aliphatic carbocycles. The van der Waals surface area contributed by atoms with E-state index in [1.807, 2.05) is 30.3 Å². The number of carbonyl (C=O) groups is 1. The van der Waals surface area contributed by atoms with Crippen molar-refractivity contribution >= 4 is 17.9 Å². The number of nitrogens with zero attached hydrogens (tertiary/aromatic N) is 3. The molecule has 2 aromatic carbocycles. The Bertz CT molecular complexity index is 766. The zero-order valence-corrected chi connectivity index (χ0v) is 12.6. The lowest BCUT2D eigenvalue weighted by Gasteiger charge is -2.07. The Balaban J connectivity index is 1.90. The van der Waals surface area contributed by atoms with Gasteiger partial charge >= 0.3 is 0 Å². The molecule has 0 radical (unpaired) electrons. The molecule has 0 amide bonds. The normalized spacial score (nSPS) is 10.6. The van der Waals surface area contributed by atoms with Gasteiger partial charge in [0.25, 0.3) is 0 Å². The van der Waals surface area contributed by atoms with Gasteiger partial charge in [-0.15, -0.1) is 5.10 Å². The van der Waals surface area contributed by atoms with E-state index in [-0.39, 0.29) is 0 Å². The third kappa shape index (κ3) is 3.07. The fourth-order valence-corrected chi connectivity index (χ4v) is 2.47. The van der Waals surface area contributed by atoms with Crippen LogP contribution in [0.1, 0.15) is 16.1 Å². The smallest absolute Gasteiger partial charge is 0.172 e. The van der Waals surface area contributed by atoms with Crippen LogP contribution in [0.3, 0.4) is 0 Å². The van der Waals surface area contributed by atoms with Crippen molar-refractivity contribution < 1.29 is 4.79 Å². The van der Waals surface area contributed by atoms with Gasteiger partial charge < -0.3 is 0 Å². The van der Waals surface area contributed by atoms with Crippen molar-refractivity contribution in [2.45, 2.75) is 13.0 Å². The number of carbonyl (C=O) groups excluding carboxylic acids is 1. The van der Waals surface area contributed by atoms with Crippen LogP contribution in [0.5, 0.6) is 0 Å². The first-order chi connectivity index (χ1) is 10.8. The minimum Gasteiger partial charge on any atom is -0.296 e. The number of hydrogen-bond acceptors (Lipinski definition) is 3. The predicted molar refractivity (Wildman–Crippen MR) is 86.0 cm³/mol. The second-order valence-corrected chi connectivity index (χ2v) is 5.34. The standard InChI is InChI=1S/C17H14ClN3O/c18-15-8-6-14(7-9-15)17-16(12-22)19-20-21(17)11-10-13-4-2-1-3-5-13/h1-9,12H,10-11H2. The zero-order chi connectivity index (χ0) is 15.4. The summed E-state index contributed by atoms with van der Waals surface area (Å²) in [4.78, 5) is 11.2.